The number of halogens is 17. The molecule has 0 aromatic rings. The van der Waals surface area contributed by atoms with Crippen molar-refractivity contribution in [3.05, 3.63) is 0 Å². The fraction of sp³-hybridized carbons (Fsp3) is 0.923. The Morgan fingerprint density at radius 3 is 1.16 bits per heavy atom. The molecular formula is C13H9F17O2. The first-order valence-electron chi connectivity index (χ1n) is 7.43. The molecule has 0 spiro atoms. The van der Waals surface area contributed by atoms with Crippen LogP contribution >= 0.6 is 0 Å². The first-order valence-corrected chi connectivity index (χ1v) is 7.43. The first kappa shape index (κ1) is 30.3. The minimum absolute atomic E-state index is 0.185. The minimum Gasteiger partial charge on any atom is -0.465 e. The Balaban J connectivity index is 6.62. The van der Waals surface area contributed by atoms with Gasteiger partial charge in [0, 0.05) is 6.92 Å². The predicted molar refractivity (Wildman–Crippen MR) is 66.5 cm³/mol. The third-order valence-electron chi connectivity index (χ3n) is 3.90. The Hall–Kier alpha value is -1.72. The van der Waals surface area contributed by atoms with E-state index < -0.39 is 66.1 Å². The maximum absolute atomic E-state index is 13.7. The van der Waals surface area contributed by atoms with Gasteiger partial charge >= 0.3 is 53.6 Å². The monoisotopic (exact) mass is 520 g/mol. The lowest BCUT2D eigenvalue weighted by Gasteiger charge is -2.43. The number of rotatable bonds is 9. The molecule has 1 atom stereocenters. The molecule has 0 radical (unpaired) electrons. The largest absolute Gasteiger partial charge is 0.465 e. The lowest BCUT2D eigenvalue weighted by Crippen LogP contribution is -2.75. The van der Waals surface area contributed by atoms with Gasteiger partial charge in [-0.15, -0.1) is 0 Å². The van der Waals surface area contributed by atoms with Crippen molar-refractivity contribution in [2.75, 3.05) is 6.61 Å². The highest BCUT2D eigenvalue weighted by molar-refractivity contribution is 5.65. The van der Waals surface area contributed by atoms with Gasteiger partial charge in [0.15, 0.2) is 0 Å². The Kier molecular flexibility index (Phi) is 7.52. The second-order valence-electron chi connectivity index (χ2n) is 6.27. The van der Waals surface area contributed by atoms with Crippen molar-refractivity contribution in [2.24, 2.45) is 5.92 Å². The molecule has 0 N–H and O–H groups in total. The molecule has 0 fully saturated rings. The van der Waals surface area contributed by atoms with Crippen LogP contribution in [0.3, 0.4) is 0 Å². The van der Waals surface area contributed by atoms with Crippen LogP contribution in [-0.2, 0) is 9.53 Å². The van der Waals surface area contributed by atoms with Crippen LogP contribution in [-0.4, -0.2) is 60.2 Å². The maximum atomic E-state index is 13.7. The van der Waals surface area contributed by atoms with Crippen molar-refractivity contribution in [1.29, 1.82) is 0 Å². The van der Waals surface area contributed by atoms with E-state index in [-0.39, 0.29) is 6.92 Å². The normalized spacial score (nSPS) is 16.7. The zero-order valence-corrected chi connectivity index (χ0v) is 15.0. The summed E-state index contributed by atoms with van der Waals surface area (Å²) in [4.78, 5) is 10.4. The number of carbonyl (C=O) groups excluding carboxylic acids is 1. The van der Waals surface area contributed by atoms with E-state index in [9.17, 15) is 79.4 Å². The molecule has 0 aromatic carbocycles. The van der Waals surface area contributed by atoms with Gasteiger partial charge in [-0.2, -0.15) is 74.6 Å². The molecule has 0 heterocycles. The molecular weight excluding hydrogens is 511 g/mol. The summed E-state index contributed by atoms with van der Waals surface area (Å²) in [6.07, 6.45) is -7.80. The standard InChI is InChI=1S/C13H9F17O2/c1-4(3-32-5(2)31)6(14,15)7(16,17)8(18,19)9(20,21)10(22,23)11(24,25)12(26,27)13(28,29)30/h4H,3H2,1-2H3. The van der Waals surface area contributed by atoms with Crippen molar-refractivity contribution >= 4 is 5.97 Å². The summed E-state index contributed by atoms with van der Waals surface area (Å²) < 4.78 is 226. The summed E-state index contributed by atoms with van der Waals surface area (Å²) in [7, 11) is 0. The zero-order chi connectivity index (χ0) is 26.6. The first-order chi connectivity index (χ1) is 13.6. The smallest absolute Gasteiger partial charge is 0.460 e. The van der Waals surface area contributed by atoms with Crippen LogP contribution in [0, 0.1) is 5.92 Å². The highest BCUT2D eigenvalue weighted by atomic mass is 19.4. The van der Waals surface area contributed by atoms with Crippen LogP contribution in [0.25, 0.3) is 0 Å². The number of esters is 1. The molecule has 0 saturated heterocycles. The molecule has 0 aliphatic carbocycles. The molecule has 1 unspecified atom stereocenters. The van der Waals surface area contributed by atoms with Crippen molar-refractivity contribution in [2.45, 2.75) is 61.5 Å². The van der Waals surface area contributed by atoms with Gasteiger partial charge in [0.2, 0.25) is 0 Å². The van der Waals surface area contributed by atoms with Gasteiger partial charge in [-0.3, -0.25) is 4.79 Å². The van der Waals surface area contributed by atoms with Crippen LogP contribution < -0.4 is 0 Å². The van der Waals surface area contributed by atoms with E-state index >= 15 is 0 Å². The van der Waals surface area contributed by atoms with E-state index in [0.29, 0.717) is 6.92 Å². The van der Waals surface area contributed by atoms with Gasteiger partial charge in [0.1, 0.15) is 0 Å². The molecule has 0 bridgehead atoms. The highest BCUT2D eigenvalue weighted by Gasteiger charge is 2.95. The number of ether oxygens (including phenoxy) is 1. The van der Waals surface area contributed by atoms with E-state index in [2.05, 4.69) is 4.74 Å². The van der Waals surface area contributed by atoms with Crippen LogP contribution in [0.15, 0.2) is 0 Å². The average molecular weight is 520 g/mol. The Morgan fingerprint density at radius 2 is 0.875 bits per heavy atom. The fourth-order valence-electron chi connectivity index (χ4n) is 1.83. The van der Waals surface area contributed by atoms with Crippen LogP contribution in [0.5, 0.6) is 0 Å². The van der Waals surface area contributed by atoms with Gasteiger partial charge < -0.3 is 4.74 Å². The third-order valence-corrected chi connectivity index (χ3v) is 3.90. The summed E-state index contributed by atoms with van der Waals surface area (Å²) in [5.74, 6) is -61.7. The van der Waals surface area contributed by atoms with E-state index in [1.807, 2.05) is 0 Å². The highest BCUT2D eigenvalue weighted by Crippen LogP contribution is 2.64. The topological polar surface area (TPSA) is 26.3 Å². The number of alkyl halides is 17. The van der Waals surface area contributed by atoms with Crippen molar-refractivity contribution in [3.8, 4) is 0 Å². The summed E-state index contributed by atoms with van der Waals surface area (Å²) in [5.41, 5.74) is 0. The van der Waals surface area contributed by atoms with E-state index in [4.69, 9.17) is 0 Å². The second-order valence-corrected chi connectivity index (χ2v) is 6.27. The maximum Gasteiger partial charge on any atom is 0.460 e. The second kappa shape index (κ2) is 7.95. The molecule has 0 aliphatic rings. The van der Waals surface area contributed by atoms with Gasteiger partial charge in [-0.1, -0.05) is 6.92 Å². The molecule has 0 saturated carbocycles. The Morgan fingerprint density at radius 1 is 0.594 bits per heavy atom. The van der Waals surface area contributed by atoms with Gasteiger partial charge in [0.25, 0.3) is 0 Å². The average Bonchev–Trinajstić information content (AvgIpc) is 2.57. The molecule has 0 amide bonds. The molecule has 32 heavy (non-hydrogen) atoms. The van der Waals surface area contributed by atoms with Crippen LogP contribution in [0.1, 0.15) is 13.8 Å². The summed E-state index contributed by atoms with van der Waals surface area (Å²) >= 11 is 0. The lowest BCUT2D eigenvalue weighted by atomic mass is 9.86. The van der Waals surface area contributed by atoms with Crippen molar-refractivity contribution < 1.29 is 84.2 Å². The van der Waals surface area contributed by atoms with Gasteiger partial charge in [-0.25, -0.2) is 0 Å². The summed E-state index contributed by atoms with van der Waals surface area (Å²) in [6, 6.07) is 0. The quantitative estimate of drug-likeness (QED) is 0.268. The van der Waals surface area contributed by atoms with Crippen molar-refractivity contribution in [3.63, 3.8) is 0 Å². The van der Waals surface area contributed by atoms with E-state index in [1.54, 1.807) is 0 Å². The van der Waals surface area contributed by atoms with Crippen LogP contribution in [0.4, 0.5) is 74.6 Å². The van der Waals surface area contributed by atoms with E-state index in [1.165, 1.54) is 0 Å². The lowest BCUT2D eigenvalue weighted by molar-refractivity contribution is -0.463. The van der Waals surface area contributed by atoms with Gasteiger partial charge in [-0.05, 0) is 0 Å². The van der Waals surface area contributed by atoms with E-state index in [0.717, 1.165) is 0 Å². The molecule has 192 valence electrons. The number of hydrogen-bond donors (Lipinski definition) is 0. The van der Waals surface area contributed by atoms with Crippen LogP contribution in [0.2, 0.25) is 0 Å². The number of carbonyl (C=O) groups is 1. The Labute approximate surface area is 165 Å². The molecule has 2 nitrogen and oxygen atoms in total. The summed E-state index contributed by atoms with van der Waals surface area (Å²) in [6.45, 7) is -1.68. The van der Waals surface area contributed by atoms with Crippen molar-refractivity contribution in [1.82, 2.24) is 0 Å². The zero-order valence-electron chi connectivity index (χ0n) is 15.0. The Bertz CT molecular complexity index is 693. The molecule has 0 rings (SSSR count). The minimum atomic E-state index is -8.67. The summed E-state index contributed by atoms with van der Waals surface area (Å²) in [5, 5.41) is 0. The predicted octanol–water partition coefficient (Wildman–Crippen LogP) is 6.20. The molecule has 19 heteroatoms. The molecule has 0 aliphatic heterocycles. The number of hydrogen-bond acceptors (Lipinski definition) is 2. The fourth-order valence-corrected chi connectivity index (χ4v) is 1.83. The molecule has 0 aromatic heterocycles. The van der Waals surface area contributed by atoms with Gasteiger partial charge in [0.05, 0.1) is 12.5 Å². The third kappa shape index (κ3) is 4.03. The SMILES string of the molecule is CC(=O)OCC(C)C(F)(F)C(F)(F)C(F)(F)C(F)(F)C(F)(F)C(F)(F)C(F)(F)C(F)(F)F.